The number of hydrazine groups is 1. The first kappa shape index (κ1) is 24.9. The highest BCUT2D eigenvalue weighted by atomic mass is 16.6. The Balaban J connectivity index is 3.33. The molecule has 0 spiro atoms. The van der Waals surface area contributed by atoms with Gasteiger partial charge in [-0.2, -0.15) is 5.01 Å². The maximum absolute atomic E-state index is 12.5. The first-order valence-corrected chi connectivity index (χ1v) is 9.19. The minimum atomic E-state index is -2.14. The van der Waals surface area contributed by atoms with Gasteiger partial charge >= 0.3 is 24.1 Å². The number of aliphatic carboxylic acids is 2. The standard InChI is InChI=1S/C17H27N3O10/c1-7(2)29-16(27)18-20(17(28)30-8(3)4)13(15(25)26)19-10(6-11(22)23)12(9(5)21)14(19)24/h7-10,12-13,21H,6H2,1-5H3,(H,18,27)(H,22,23)(H,25,26)/t9-,10-,12-,13?/m1/s1. The quantitative estimate of drug-likeness (QED) is 0.299. The van der Waals surface area contributed by atoms with E-state index in [0.717, 1.165) is 0 Å². The van der Waals surface area contributed by atoms with E-state index in [1.807, 2.05) is 5.43 Å². The zero-order valence-corrected chi connectivity index (χ0v) is 17.3. The largest absolute Gasteiger partial charge is 0.481 e. The maximum Gasteiger partial charge on any atom is 0.431 e. The summed E-state index contributed by atoms with van der Waals surface area (Å²) in [5.41, 5.74) is 1.94. The molecule has 170 valence electrons. The summed E-state index contributed by atoms with van der Waals surface area (Å²) in [5.74, 6) is -5.18. The van der Waals surface area contributed by atoms with Crippen LogP contribution in [-0.4, -0.2) is 85.8 Å². The van der Waals surface area contributed by atoms with Gasteiger partial charge in [0.1, 0.15) is 0 Å². The highest BCUT2D eigenvalue weighted by molar-refractivity contribution is 5.93. The molecule has 1 aliphatic rings. The fourth-order valence-corrected chi connectivity index (χ4v) is 2.98. The van der Waals surface area contributed by atoms with E-state index < -0.39 is 72.9 Å². The number of carbonyl (C=O) groups excluding carboxylic acids is 3. The number of ether oxygens (including phenoxy) is 2. The molecule has 30 heavy (non-hydrogen) atoms. The van der Waals surface area contributed by atoms with Crippen molar-refractivity contribution >= 4 is 30.0 Å². The van der Waals surface area contributed by atoms with E-state index in [2.05, 4.69) is 0 Å². The van der Waals surface area contributed by atoms with E-state index in [-0.39, 0.29) is 5.01 Å². The number of nitrogens with one attached hydrogen (secondary N) is 1. The van der Waals surface area contributed by atoms with Gasteiger partial charge in [-0.25, -0.2) is 19.8 Å². The summed E-state index contributed by atoms with van der Waals surface area (Å²) in [6.07, 6.45) is -7.89. The number of carbonyl (C=O) groups is 5. The number of β-lactam (4-membered cyclic amide) rings is 1. The van der Waals surface area contributed by atoms with Crippen molar-refractivity contribution in [1.82, 2.24) is 15.3 Å². The predicted octanol–water partition coefficient (Wildman–Crippen LogP) is -0.0238. The maximum atomic E-state index is 12.5. The fraction of sp³-hybridized carbons (Fsp3) is 0.706. The Morgan fingerprint density at radius 1 is 1.07 bits per heavy atom. The molecule has 3 amide bonds. The van der Waals surface area contributed by atoms with Crippen LogP contribution in [0.1, 0.15) is 41.0 Å². The fourth-order valence-electron chi connectivity index (χ4n) is 2.98. The first-order valence-electron chi connectivity index (χ1n) is 9.19. The van der Waals surface area contributed by atoms with Crippen LogP contribution in [0.3, 0.4) is 0 Å². The van der Waals surface area contributed by atoms with Crippen molar-refractivity contribution in [2.24, 2.45) is 5.92 Å². The second-order valence-electron chi connectivity index (χ2n) is 7.26. The number of hydrogen-bond acceptors (Lipinski definition) is 8. The van der Waals surface area contributed by atoms with E-state index in [1.54, 1.807) is 0 Å². The van der Waals surface area contributed by atoms with Crippen molar-refractivity contribution in [1.29, 1.82) is 0 Å². The normalized spacial score (nSPS) is 20.3. The molecule has 1 saturated heterocycles. The van der Waals surface area contributed by atoms with Gasteiger partial charge in [0.2, 0.25) is 12.1 Å². The number of aliphatic hydroxyl groups excluding tert-OH is 1. The Morgan fingerprint density at radius 3 is 2.00 bits per heavy atom. The van der Waals surface area contributed by atoms with Crippen LogP contribution in [0.2, 0.25) is 0 Å². The lowest BCUT2D eigenvalue weighted by molar-refractivity contribution is -0.189. The van der Waals surface area contributed by atoms with E-state index in [1.165, 1.54) is 34.6 Å². The molecule has 0 aromatic heterocycles. The van der Waals surface area contributed by atoms with Crippen LogP contribution in [-0.2, 0) is 23.9 Å². The molecule has 0 aromatic rings. The summed E-state index contributed by atoms with van der Waals surface area (Å²) in [6, 6.07) is -1.24. The average Bonchev–Trinajstić information content (AvgIpc) is 2.54. The summed E-state index contributed by atoms with van der Waals surface area (Å²) in [4.78, 5) is 60.8. The summed E-state index contributed by atoms with van der Waals surface area (Å²) in [6.45, 7) is 7.24. The van der Waals surface area contributed by atoms with Crippen molar-refractivity contribution in [2.75, 3.05) is 0 Å². The van der Waals surface area contributed by atoms with Gasteiger partial charge in [0, 0.05) is 0 Å². The third-order valence-electron chi connectivity index (χ3n) is 4.03. The number of aliphatic hydroxyl groups is 1. The van der Waals surface area contributed by atoms with Crippen LogP contribution in [0.5, 0.6) is 0 Å². The molecule has 0 aromatic carbocycles. The van der Waals surface area contributed by atoms with Gasteiger partial charge in [-0.05, 0) is 34.6 Å². The summed E-state index contributed by atoms with van der Waals surface area (Å²) >= 11 is 0. The van der Waals surface area contributed by atoms with E-state index in [0.29, 0.717) is 4.90 Å². The molecule has 0 radical (unpaired) electrons. The smallest absolute Gasteiger partial charge is 0.431 e. The van der Waals surface area contributed by atoms with Crippen molar-refractivity contribution in [3.8, 4) is 0 Å². The molecule has 0 saturated carbocycles. The molecule has 4 N–H and O–H groups in total. The molecule has 0 aliphatic carbocycles. The van der Waals surface area contributed by atoms with Crippen LogP contribution in [0.15, 0.2) is 0 Å². The average molecular weight is 433 g/mol. The second-order valence-corrected chi connectivity index (χ2v) is 7.26. The topological polar surface area (TPSA) is 183 Å². The lowest BCUT2D eigenvalue weighted by Crippen LogP contribution is -2.74. The number of hydrogen-bond donors (Lipinski definition) is 4. The van der Waals surface area contributed by atoms with Crippen LogP contribution >= 0.6 is 0 Å². The Labute approximate surface area is 172 Å². The molecule has 13 heteroatoms. The zero-order valence-electron chi connectivity index (χ0n) is 17.3. The third kappa shape index (κ3) is 5.95. The monoisotopic (exact) mass is 433 g/mol. The first-order chi connectivity index (χ1) is 13.8. The molecule has 1 rings (SSSR count). The SMILES string of the molecule is CC(C)OC(=O)NN(C(=O)OC(C)C)C(C(=O)O)N1C(=O)[C@H]([C@@H](C)O)[C@H]1CC(=O)O. The lowest BCUT2D eigenvalue weighted by atomic mass is 9.80. The number of carboxylic acid groups (broad SMARTS) is 2. The number of rotatable bonds is 8. The molecular weight excluding hydrogens is 406 g/mol. The third-order valence-corrected chi connectivity index (χ3v) is 4.03. The summed E-state index contributed by atoms with van der Waals surface area (Å²) in [5, 5.41) is 28.9. The number of nitrogens with zero attached hydrogens (tertiary/aromatic N) is 2. The van der Waals surface area contributed by atoms with E-state index >= 15 is 0 Å². The lowest BCUT2D eigenvalue weighted by Gasteiger charge is -2.51. The number of likely N-dealkylation sites (tertiary alicyclic amines) is 1. The highest BCUT2D eigenvalue weighted by Crippen LogP contribution is 2.35. The van der Waals surface area contributed by atoms with Crippen molar-refractivity contribution < 1.29 is 48.8 Å². The molecule has 1 heterocycles. The van der Waals surface area contributed by atoms with Crippen LogP contribution in [0.25, 0.3) is 0 Å². The van der Waals surface area contributed by atoms with Crippen molar-refractivity contribution in [3.63, 3.8) is 0 Å². The van der Waals surface area contributed by atoms with Gasteiger partial charge in [-0.15, -0.1) is 0 Å². The molecule has 13 nitrogen and oxygen atoms in total. The van der Waals surface area contributed by atoms with Gasteiger partial charge in [0.15, 0.2) is 0 Å². The Morgan fingerprint density at radius 2 is 1.60 bits per heavy atom. The Bertz CT molecular complexity index is 693. The van der Waals surface area contributed by atoms with Crippen LogP contribution in [0.4, 0.5) is 9.59 Å². The second kappa shape index (κ2) is 10.1. The van der Waals surface area contributed by atoms with Crippen molar-refractivity contribution in [3.05, 3.63) is 0 Å². The zero-order chi connectivity index (χ0) is 23.3. The molecule has 1 unspecified atom stereocenters. The van der Waals surface area contributed by atoms with Gasteiger partial charge in [-0.3, -0.25) is 9.59 Å². The predicted molar refractivity (Wildman–Crippen MR) is 97.7 cm³/mol. The molecule has 4 atom stereocenters. The minimum Gasteiger partial charge on any atom is -0.481 e. The van der Waals surface area contributed by atoms with Gasteiger partial charge in [0.25, 0.3) is 0 Å². The highest BCUT2D eigenvalue weighted by Gasteiger charge is 2.57. The number of amides is 3. The molecule has 1 fully saturated rings. The Hall–Kier alpha value is -3.09. The molecule has 0 bridgehead atoms. The molecular formula is C17H27N3O10. The number of carboxylic acids is 2. The van der Waals surface area contributed by atoms with Gasteiger partial charge < -0.3 is 29.7 Å². The van der Waals surface area contributed by atoms with E-state index in [4.69, 9.17) is 14.6 Å². The van der Waals surface area contributed by atoms with Crippen molar-refractivity contribution in [2.45, 2.75) is 71.6 Å². The summed E-state index contributed by atoms with van der Waals surface area (Å²) < 4.78 is 9.79. The summed E-state index contributed by atoms with van der Waals surface area (Å²) in [7, 11) is 0. The Kier molecular flexibility index (Phi) is 8.39. The van der Waals surface area contributed by atoms with Gasteiger partial charge in [-0.1, -0.05) is 0 Å². The van der Waals surface area contributed by atoms with Gasteiger partial charge in [0.05, 0.1) is 36.7 Å². The van der Waals surface area contributed by atoms with E-state index in [9.17, 15) is 34.2 Å². The minimum absolute atomic E-state index is 0.248. The van der Waals surface area contributed by atoms with Crippen LogP contribution in [0, 0.1) is 5.92 Å². The van der Waals surface area contributed by atoms with Crippen LogP contribution < -0.4 is 5.43 Å². The molecule has 1 aliphatic heterocycles.